The van der Waals surface area contributed by atoms with E-state index in [1.165, 1.54) is 0 Å². The molecular weight excluding hydrogens is 256 g/mol. The Labute approximate surface area is 115 Å². The third kappa shape index (κ3) is 2.56. The lowest BCUT2D eigenvalue weighted by Crippen LogP contribution is -1.92. The van der Waals surface area contributed by atoms with Gasteiger partial charge in [-0.05, 0) is 36.4 Å². The van der Waals surface area contributed by atoms with Gasteiger partial charge in [0.25, 0.3) is 0 Å². The van der Waals surface area contributed by atoms with Gasteiger partial charge in [0.15, 0.2) is 5.75 Å². The van der Waals surface area contributed by atoms with Crippen LogP contribution in [0.15, 0.2) is 60.9 Å². The molecule has 0 radical (unpaired) electrons. The van der Waals surface area contributed by atoms with E-state index in [-0.39, 0.29) is 11.5 Å². The number of hydrogen-bond acceptors (Lipinski definition) is 4. The molecule has 2 N–H and O–H groups in total. The van der Waals surface area contributed by atoms with Crippen LogP contribution in [0.5, 0.6) is 23.0 Å². The molecule has 3 aromatic rings. The lowest BCUT2D eigenvalue weighted by Gasteiger charge is -2.03. The summed E-state index contributed by atoms with van der Waals surface area (Å²) in [4.78, 5) is 0. The number of aromatic nitrogens is 2. The highest BCUT2D eigenvalue weighted by Crippen LogP contribution is 2.24. The summed E-state index contributed by atoms with van der Waals surface area (Å²) in [5.41, 5.74) is 0.741. The third-order valence-corrected chi connectivity index (χ3v) is 2.73. The van der Waals surface area contributed by atoms with Gasteiger partial charge in [0.1, 0.15) is 17.2 Å². The first kappa shape index (κ1) is 12.1. The zero-order valence-corrected chi connectivity index (χ0v) is 10.5. The first-order valence-electron chi connectivity index (χ1n) is 6.02. The van der Waals surface area contributed by atoms with Gasteiger partial charge in [-0.2, -0.15) is 5.10 Å². The predicted molar refractivity (Wildman–Crippen MR) is 73.4 cm³/mol. The largest absolute Gasteiger partial charge is 0.508 e. The fourth-order valence-electron chi connectivity index (χ4n) is 1.79. The maximum absolute atomic E-state index is 9.45. The van der Waals surface area contributed by atoms with Gasteiger partial charge < -0.3 is 14.9 Å². The van der Waals surface area contributed by atoms with Gasteiger partial charge in [0.05, 0.1) is 18.1 Å². The molecule has 0 unspecified atom stereocenters. The minimum atomic E-state index is 0.180. The van der Waals surface area contributed by atoms with Gasteiger partial charge in [-0.3, -0.25) is 0 Å². The minimum Gasteiger partial charge on any atom is -0.508 e. The summed E-state index contributed by atoms with van der Waals surface area (Å²) in [5, 5.41) is 22.8. The number of ether oxygens (including phenoxy) is 1. The molecule has 0 aliphatic rings. The first-order valence-corrected chi connectivity index (χ1v) is 6.02. The zero-order chi connectivity index (χ0) is 13.9. The summed E-state index contributed by atoms with van der Waals surface area (Å²) in [6, 6.07) is 13.2. The molecular formula is C15H12N2O3. The molecule has 0 aliphatic carbocycles. The molecule has 0 aliphatic heterocycles. The van der Waals surface area contributed by atoms with Crippen molar-refractivity contribution < 1.29 is 14.9 Å². The van der Waals surface area contributed by atoms with E-state index in [0.717, 1.165) is 5.69 Å². The second-order valence-electron chi connectivity index (χ2n) is 4.24. The highest BCUT2D eigenvalue weighted by atomic mass is 16.5. The maximum atomic E-state index is 9.45. The summed E-state index contributed by atoms with van der Waals surface area (Å²) in [7, 11) is 0. The summed E-state index contributed by atoms with van der Waals surface area (Å²) in [5.74, 6) is 1.55. The number of nitrogens with zero attached hydrogens (tertiary/aromatic N) is 2. The number of phenolic OH excluding ortho intramolecular Hbond substituents is 2. The lowest BCUT2D eigenvalue weighted by atomic mass is 10.3. The monoisotopic (exact) mass is 268 g/mol. The van der Waals surface area contributed by atoms with E-state index in [4.69, 9.17) is 4.74 Å². The van der Waals surface area contributed by atoms with Crippen LogP contribution in [-0.2, 0) is 0 Å². The van der Waals surface area contributed by atoms with Crippen molar-refractivity contribution in [2.24, 2.45) is 0 Å². The molecule has 0 saturated heterocycles. The van der Waals surface area contributed by atoms with E-state index < -0.39 is 0 Å². The van der Waals surface area contributed by atoms with Crippen LogP contribution in [0.25, 0.3) is 5.69 Å². The van der Waals surface area contributed by atoms with Crippen molar-refractivity contribution in [2.45, 2.75) is 0 Å². The average molecular weight is 268 g/mol. The number of aromatic hydroxyl groups is 2. The number of rotatable bonds is 3. The Morgan fingerprint density at radius 2 is 1.70 bits per heavy atom. The van der Waals surface area contributed by atoms with Crippen LogP contribution < -0.4 is 4.74 Å². The molecule has 1 aromatic heterocycles. The Morgan fingerprint density at radius 3 is 2.45 bits per heavy atom. The van der Waals surface area contributed by atoms with Gasteiger partial charge in [-0.15, -0.1) is 0 Å². The van der Waals surface area contributed by atoms with Crippen molar-refractivity contribution in [1.29, 1.82) is 0 Å². The SMILES string of the molecule is Oc1ccc(Oc2cnn(-c3cccc(O)c3)c2)cc1. The molecule has 0 fully saturated rings. The Bertz CT molecular complexity index is 720. The van der Waals surface area contributed by atoms with E-state index in [1.54, 1.807) is 59.5 Å². The number of benzene rings is 2. The predicted octanol–water partition coefficient (Wildman–Crippen LogP) is 3.08. The van der Waals surface area contributed by atoms with Crippen molar-refractivity contribution in [1.82, 2.24) is 9.78 Å². The van der Waals surface area contributed by atoms with Gasteiger partial charge in [0, 0.05) is 6.07 Å². The molecule has 0 spiro atoms. The van der Waals surface area contributed by atoms with Crippen LogP contribution in [0.2, 0.25) is 0 Å². The van der Waals surface area contributed by atoms with Crippen molar-refractivity contribution in [3.8, 4) is 28.7 Å². The molecule has 20 heavy (non-hydrogen) atoms. The molecule has 5 nitrogen and oxygen atoms in total. The summed E-state index contributed by atoms with van der Waals surface area (Å²) >= 11 is 0. The highest BCUT2D eigenvalue weighted by molar-refractivity contribution is 5.39. The number of hydrogen-bond donors (Lipinski definition) is 2. The third-order valence-electron chi connectivity index (χ3n) is 2.73. The molecule has 100 valence electrons. The van der Waals surface area contributed by atoms with Crippen molar-refractivity contribution in [2.75, 3.05) is 0 Å². The summed E-state index contributed by atoms with van der Waals surface area (Å²) in [6.07, 6.45) is 3.29. The average Bonchev–Trinajstić information content (AvgIpc) is 2.90. The zero-order valence-electron chi connectivity index (χ0n) is 10.5. The van der Waals surface area contributed by atoms with Crippen LogP contribution in [0, 0.1) is 0 Å². The fraction of sp³-hybridized carbons (Fsp3) is 0. The smallest absolute Gasteiger partial charge is 0.165 e. The summed E-state index contributed by atoms with van der Waals surface area (Å²) < 4.78 is 7.22. The van der Waals surface area contributed by atoms with Crippen molar-refractivity contribution in [3.63, 3.8) is 0 Å². The van der Waals surface area contributed by atoms with E-state index >= 15 is 0 Å². The Morgan fingerprint density at radius 1 is 0.900 bits per heavy atom. The van der Waals surface area contributed by atoms with Crippen LogP contribution in [-0.4, -0.2) is 20.0 Å². The normalized spacial score (nSPS) is 10.4. The maximum Gasteiger partial charge on any atom is 0.165 e. The molecule has 0 atom stereocenters. The topological polar surface area (TPSA) is 67.5 Å². The van der Waals surface area contributed by atoms with E-state index in [9.17, 15) is 10.2 Å². The van der Waals surface area contributed by atoms with E-state index in [0.29, 0.717) is 11.5 Å². The standard InChI is InChI=1S/C15H12N2O3/c18-12-4-6-14(7-5-12)20-15-9-16-17(10-15)11-2-1-3-13(19)8-11/h1-10,18-19H. The quantitative estimate of drug-likeness (QED) is 0.766. The molecule has 5 heteroatoms. The first-order chi connectivity index (χ1) is 9.70. The van der Waals surface area contributed by atoms with Gasteiger partial charge in [-0.25, -0.2) is 4.68 Å². The van der Waals surface area contributed by atoms with Crippen LogP contribution in [0.4, 0.5) is 0 Å². The Kier molecular flexibility index (Phi) is 3.01. The highest BCUT2D eigenvalue weighted by Gasteiger charge is 2.04. The minimum absolute atomic E-state index is 0.180. The van der Waals surface area contributed by atoms with Gasteiger partial charge >= 0.3 is 0 Å². The molecule has 0 amide bonds. The fourth-order valence-corrected chi connectivity index (χ4v) is 1.79. The van der Waals surface area contributed by atoms with Crippen molar-refractivity contribution in [3.05, 3.63) is 60.9 Å². The molecule has 2 aromatic carbocycles. The van der Waals surface area contributed by atoms with Crippen LogP contribution in [0.3, 0.4) is 0 Å². The van der Waals surface area contributed by atoms with Gasteiger partial charge in [-0.1, -0.05) is 6.07 Å². The van der Waals surface area contributed by atoms with E-state index in [2.05, 4.69) is 5.10 Å². The van der Waals surface area contributed by atoms with Crippen LogP contribution in [0.1, 0.15) is 0 Å². The molecule has 3 rings (SSSR count). The van der Waals surface area contributed by atoms with E-state index in [1.807, 2.05) is 6.07 Å². The lowest BCUT2D eigenvalue weighted by molar-refractivity contribution is 0.464. The van der Waals surface area contributed by atoms with Gasteiger partial charge in [0.2, 0.25) is 0 Å². The molecule has 0 bridgehead atoms. The number of phenols is 2. The van der Waals surface area contributed by atoms with Crippen LogP contribution >= 0.6 is 0 Å². The summed E-state index contributed by atoms with van der Waals surface area (Å²) in [6.45, 7) is 0. The second kappa shape index (κ2) is 4.97. The van der Waals surface area contributed by atoms with Crippen molar-refractivity contribution >= 4 is 0 Å². The molecule has 0 saturated carbocycles. The second-order valence-corrected chi connectivity index (χ2v) is 4.24. The Hall–Kier alpha value is -2.95. The molecule has 1 heterocycles. The Balaban J connectivity index is 1.82.